The number of ether oxygens (including phenoxy) is 2. The highest BCUT2D eigenvalue weighted by molar-refractivity contribution is 7.73. The molecule has 4 nitrogen and oxygen atoms in total. The van der Waals surface area contributed by atoms with E-state index in [2.05, 4.69) is 24.3 Å². The van der Waals surface area contributed by atoms with E-state index in [1.807, 2.05) is 77.9 Å². The van der Waals surface area contributed by atoms with E-state index in [0.717, 1.165) is 0 Å². The summed E-state index contributed by atoms with van der Waals surface area (Å²) in [6.45, 7) is 11.1. The SMILES string of the molecule is CC(C)(C)OC(=O)CCC(CP(c1ccccc1)c1ccccc1)C(=O)OC(C)(C)C. The smallest absolute Gasteiger partial charge is 0.309 e. The minimum atomic E-state index is -0.775. The quantitative estimate of drug-likeness (QED) is 0.417. The van der Waals surface area contributed by atoms with Gasteiger partial charge < -0.3 is 9.47 Å². The molecular formula is C26H35O4P. The van der Waals surface area contributed by atoms with Crippen molar-refractivity contribution in [1.29, 1.82) is 0 Å². The fourth-order valence-electron chi connectivity index (χ4n) is 3.15. The Morgan fingerprint density at radius 1 is 0.774 bits per heavy atom. The van der Waals surface area contributed by atoms with Crippen molar-refractivity contribution in [2.75, 3.05) is 6.16 Å². The van der Waals surface area contributed by atoms with Gasteiger partial charge in [0.2, 0.25) is 0 Å². The summed E-state index contributed by atoms with van der Waals surface area (Å²) < 4.78 is 11.2. The van der Waals surface area contributed by atoms with E-state index >= 15 is 0 Å². The number of hydrogen-bond acceptors (Lipinski definition) is 4. The number of esters is 2. The van der Waals surface area contributed by atoms with E-state index in [1.54, 1.807) is 0 Å². The van der Waals surface area contributed by atoms with E-state index in [4.69, 9.17) is 9.47 Å². The van der Waals surface area contributed by atoms with Crippen LogP contribution in [0.2, 0.25) is 0 Å². The molecule has 0 fully saturated rings. The van der Waals surface area contributed by atoms with Crippen LogP contribution in [0.5, 0.6) is 0 Å². The molecule has 0 radical (unpaired) electrons. The van der Waals surface area contributed by atoms with Gasteiger partial charge in [-0.25, -0.2) is 0 Å². The van der Waals surface area contributed by atoms with Crippen LogP contribution in [-0.4, -0.2) is 29.3 Å². The molecule has 0 aromatic heterocycles. The standard InChI is InChI=1S/C26H35O4P/c1-25(2,3)29-23(27)18-17-20(24(28)30-26(4,5)6)19-31(21-13-9-7-10-14-21)22-15-11-8-12-16-22/h7-16,20H,17-19H2,1-6H3. The Kier molecular flexibility index (Phi) is 8.82. The molecule has 0 saturated heterocycles. The molecule has 1 atom stereocenters. The lowest BCUT2D eigenvalue weighted by Crippen LogP contribution is -2.32. The fourth-order valence-corrected chi connectivity index (χ4v) is 5.71. The van der Waals surface area contributed by atoms with Crippen molar-refractivity contribution in [2.24, 2.45) is 5.92 Å². The molecule has 1 unspecified atom stereocenters. The zero-order valence-corrected chi connectivity index (χ0v) is 20.4. The second-order valence-electron chi connectivity index (χ2n) is 9.64. The molecule has 31 heavy (non-hydrogen) atoms. The lowest BCUT2D eigenvalue weighted by Gasteiger charge is -2.27. The molecule has 5 heteroatoms. The Balaban J connectivity index is 2.27. The molecule has 0 bridgehead atoms. The van der Waals surface area contributed by atoms with Crippen molar-refractivity contribution in [1.82, 2.24) is 0 Å². The summed E-state index contributed by atoms with van der Waals surface area (Å²) in [6, 6.07) is 20.5. The van der Waals surface area contributed by atoms with Crippen LogP contribution >= 0.6 is 7.92 Å². The van der Waals surface area contributed by atoms with Gasteiger partial charge in [0.1, 0.15) is 11.2 Å². The van der Waals surface area contributed by atoms with Crippen molar-refractivity contribution >= 4 is 30.5 Å². The van der Waals surface area contributed by atoms with Gasteiger partial charge >= 0.3 is 11.9 Å². The molecule has 0 heterocycles. The van der Waals surface area contributed by atoms with Gasteiger partial charge in [0.05, 0.1) is 5.92 Å². The van der Waals surface area contributed by atoms with Crippen molar-refractivity contribution < 1.29 is 19.1 Å². The summed E-state index contributed by atoms with van der Waals surface area (Å²) in [4.78, 5) is 25.4. The molecule has 0 aliphatic rings. The fraction of sp³-hybridized carbons (Fsp3) is 0.462. The minimum absolute atomic E-state index is 0.188. The maximum Gasteiger partial charge on any atom is 0.309 e. The van der Waals surface area contributed by atoms with Gasteiger partial charge in [-0.2, -0.15) is 0 Å². The Bertz CT molecular complexity index is 796. The molecule has 2 rings (SSSR count). The lowest BCUT2D eigenvalue weighted by molar-refractivity contribution is -0.160. The number of carbonyl (C=O) groups excluding carboxylic acids is 2. The normalized spacial score (nSPS) is 13.0. The van der Waals surface area contributed by atoms with E-state index in [9.17, 15) is 9.59 Å². The number of carbonyl (C=O) groups is 2. The van der Waals surface area contributed by atoms with Crippen LogP contribution in [0.4, 0.5) is 0 Å². The van der Waals surface area contributed by atoms with Gasteiger partial charge in [0.25, 0.3) is 0 Å². The molecule has 0 saturated carbocycles. The molecule has 2 aromatic rings. The predicted molar refractivity (Wildman–Crippen MR) is 128 cm³/mol. The zero-order chi connectivity index (χ0) is 23.1. The van der Waals surface area contributed by atoms with Crippen LogP contribution in [-0.2, 0) is 19.1 Å². The molecule has 0 aliphatic heterocycles. The first kappa shape index (κ1) is 25.1. The first-order valence-corrected chi connectivity index (χ1v) is 12.3. The summed E-state index contributed by atoms with van der Waals surface area (Å²) in [5.41, 5.74) is -1.12. The summed E-state index contributed by atoms with van der Waals surface area (Å²) in [6.07, 6.45) is 1.22. The third-order valence-corrected chi connectivity index (χ3v) is 7.04. The Morgan fingerprint density at radius 3 is 1.65 bits per heavy atom. The molecule has 0 aliphatic carbocycles. The summed E-state index contributed by atoms with van der Waals surface area (Å²) in [5, 5.41) is 2.41. The van der Waals surface area contributed by atoms with Crippen molar-refractivity contribution in [3.8, 4) is 0 Å². The molecule has 0 spiro atoms. The minimum Gasteiger partial charge on any atom is -0.460 e. The van der Waals surface area contributed by atoms with Gasteiger partial charge in [-0.1, -0.05) is 60.7 Å². The van der Waals surface area contributed by atoms with E-state index in [1.165, 1.54) is 10.6 Å². The van der Waals surface area contributed by atoms with Gasteiger partial charge in [-0.15, -0.1) is 0 Å². The first-order valence-electron chi connectivity index (χ1n) is 10.8. The second-order valence-corrected chi connectivity index (χ2v) is 11.9. The van der Waals surface area contributed by atoms with Gasteiger partial charge in [-0.3, -0.25) is 9.59 Å². The van der Waals surface area contributed by atoms with Gasteiger partial charge in [-0.05, 0) is 72.7 Å². The first-order chi connectivity index (χ1) is 14.4. The van der Waals surface area contributed by atoms with Crippen LogP contribution in [0, 0.1) is 5.92 Å². The highest BCUT2D eigenvalue weighted by Gasteiger charge is 2.30. The van der Waals surface area contributed by atoms with Crippen molar-refractivity contribution in [3.63, 3.8) is 0 Å². The predicted octanol–water partition coefficient (Wildman–Crippen LogP) is 5.20. The summed E-state index contributed by atoms with van der Waals surface area (Å²) in [7, 11) is -0.775. The third-order valence-electron chi connectivity index (χ3n) is 4.40. The largest absolute Gasteiger partial charge is 0.460 e. The number of hydrogen-bond donors (Lipinski definition) is 0. The maximum absolute atomic E-state index is 13.1. The van der Waals surface area contributed by atoms with Crippen molar-refractivity contribution in [3.05, 3.63) is 60.7 Å². The average molecular weight is 443 g/mol. The molecule has 0 amide bonds. The van der Waals surface area contributed by atoms with E-state index in [-0.39, 0.29) is 18.4 Å². The Morgan fingerprint density at radius 2 is 1.23 bits per heavy atom. The Hall–Kier alpha value is -2.19. The zero-order valence-electron chi connectivity index (χ0n) is 19.6. The maximum atomic E-state index is 13.1. The highest BCUT2D eigenvalue weighted by atomic mass is 31.1. The molecular weight excluding hydrogens is 407 g/mol. The average Bonchev–Trinajstić information content (AvgIpc) is 2.66. The topological polar surface area (TPSA) is 52.6 Å². The monoisotopic (exact) mass is 442 g/mol. The number of rotatable bonds is 8. The van der Waals surface area contributed by atoms with Crippen LogP contribution < -0.4 is 10.6 Å². The van der Waals surface area contributed by atoms with Gasteiger partial charge in [0.15, 0.2) is 0 Å². The van der Waals surface area contributed by atoms with E-state index < -0.39 is 25.0 Å². The molecule has 2 aromatic carbocycles. The van der Waals surface area contributed by atoms with Crippen LogP contribution in [0.1, 0.15) is 54.4 Å². The van der Waals surface area contributed by atoms with Crippen LogP contribution in [0.3, 0.4) is 0 Å². The van der Waals surface area contributed by atoms with Crippen LogP contribution in [0.15, 0.2) is 60.7 Å². The summed E-state index contributed by atoms with van der Waals surface area (Å²) >= 11 is 0. The molecule has 0 N–H and O–H groups in total. The summed E-state index contributed by atoms with van der Waals surface area (Å²) in [5.74, 6) is -0.932. The van der Waals surface area contributed by atoms with E-state index in [0.29, 0.717) is 12.6 Å². The number of benzene rings is 2. The lowest BCUT2D eigenvalue weighted by atomic mass is 10.0. The van der Waals surface area contributed by atoms with Crippen molar-refractivity contribution in [2.45, 2.75) is 65.6 Å². The molecule has 168 valence electrons. The highest BCUT2D eigenvalue weighted by Crippen LogP contribution is 2.38. The van der Waals surface area contributed by atoms with Gasteiger partial charge in [0, 0.05) is 6.42 Å². The van der Waals surface area contributed by atoms with Crippen LogP contribution in [0.25, 0.3) is 0 Å². The second kappa shape index (κ2) is 10.9. The third kappa shape index (κ3) is 9.23. The Labute approximate surface area is 188 Å².